The highest BCUT2D eigenvalue weighted by Gasteiger charge is 2.46. The van der Waals surface area contributed by atoms with Gasteiger partial charge in [0.15, 0.2) is 0 Å². The molecule has 0 aliphatic carbocycles. The quantitative estimate of drug-likeness (QED) is 0.310. The lowest BCUT2D eigenvalue weighted by Crippen LogP contribution is -2.29. The van der Waals surface area contributed by atoms with Crippen LogP contribution < -0.4 is 4.74 Å². The zero-order valence-electron chi connectivity index (χ0n) is 20.7. The van der Waals surface area contributed by atoms with Gasteiger partial charge in [0, 0.05) is 24.5 Å². The van der Waals surface area contributed by atoms with E-state index in [1.54, 1.807) is 43.8 Å². The first-order valence-corrected chi connectivity index (χ1v) is 11.5. The number of Topliss-reactive ketones (excluding diaryl/α,β-unsaturated/α-hetero) is 1. The van der Waals surface area contributed by atoms with Crippen LogP contribution in [0.15, 0.2) is 72.6 Å². The summed E-state index contributed by atoms with van der Waals surface area (Å²) in [6.07, 6.45) is 3.33. The van der Waals surface area contributed by atoms with Crippen molar-refractivity contribution in [2.45, 2.75) is 45.7 Å². The maximum absolute atomic E-state index is 13.3. The first kappa shape index (κ1) is 24.2. The highest BCUT2D eigenvalue weighted by Crippen LogP contribution is 2.41. The van der Waals surface area contributed by atoms with Crippen LogP contribution in [-0.4, -0.2) is 33.8 Å². The number of hydrogen-bond acceptors (Lipinski definition) is 5. The number of aliphatic hydroxyl groups excluding tert-OH is 1. The summed E-state index contributed by atoms with van der Waals surface area (Å²) in [4.78, 5) is 32.2. The molecule has 6 nitrogen and oxygen atoms in total. The van der Waals surface area contributed by atoms with Crippen molar-refractivity contribution in [2.24, 2.45) is 0 Å². The minimum atomic E-state index is -0.730. The van der Waals surface area contributed by atoms with E-state index in [-0.39, 0.29) is 23.3 Å². The van der Waals surface area contributed by atoms with Crippen molar-refractivity contribution in [1.82, 2.24) is 9.88 Å². The van der Waals surface area contributed by atoms with Gasteiger partial charge in [-0.2, -0.15) is 0 Å². The SMILES string of the molecule is COc1ccc(C(O)=C2C(=O)C(=O)N(Cc3cccnc3)[C@H]2c2ccc(C(C)(C)C)cc2)cc1C. The molecule has 3 aromatic rings. The van der Waals surface area contributed by atoms with E-state index in [0.717, 1.165) is 22.3 Å². The number of aryl methyl sites for hydroxylation is 1. The van der Waals surface area contributed by atoms with Crippen molar-refractivity contribution < 1.29 is 19.4 Å². The molecule has 1 aliphatic rings. The lowest BCUT2D eigenvalue weighted by atomic mass is 9.85. The van der Waals surface area contributed by atoms with Crippen LogP contribution in [0.3, 0.4) is 0 Å². The number of methoxy groups -OCH3 is 1. The van der Waals surface area contributed by atoms with E-state index in [1.807, 2.05) is 37.3 Å². The molecule has 2 heterocycles. The summed E-state index contributed by atoms with van der Waals surface area (Å²) in [5, 5.41) is 11.3. The minimum Gasteiger partial charge on any atom is -0.507 e. The second-order valence-corrected chi connectivity index (χ2v) is 9.84. The normalized spacial score (nSPS) is 17.6. The van der Waals surface area contributed by atoms with Crippen LogP contribution in [-0.2, 0) is 21.5 Å². The van der Waals surface area contributed by atoms with Crippen molar-refractivity contribution in [2.75, 3.05) is 7.11 Å². The average molecular weight is 471 g/mol. The number of rotatable bonds is 5. The van der Waals surface area contributed by atoms with Crippen LogP contribution in [0, 0.1) is 6.92 Å². The molecule has 1 N–H and O–H groups in total. The summed E-state index contributed by atoms with van der Waals surface area (Å²) in [6.45, 7) is 8.44. The van der Waals surface area contributed by atoms with Crippen molar-refractivity contribution >= 4 is 17.4 Å². The largest absolute Gasteiger partial charge is 0.507 e. The summed E-state index contributed by atoms with van der Waals surface area (Å²) in [6, 6.07) is 16.0. The number of carbonyl (C=O) groups excluding carboxylic acids is 2. The van der Waals surface area contributed by atoms with Crippen LogP contribution in [0.25, 0.3) is 5.76 Å². The molecule has 4 rings (SSSR count). The van der Waals surface area contributed by atoms with Gasteiger partial charge in [-0.1, -0.05) is 51.1 Å². The summed E-state index contributed by atoms with van der Waals surface area (Å²) < 4.78 is 5.32. The number of carbonyl (C=O) groups is 2. The zero-order valence-corrected chi connectivity index (χ0v) is 20.7. The predicted molar refractivity (Wildman–Crippen MR) is 135 cm³/mol. The molecular weight excluding hydrogens is 440 g/mol. The minimum absolute atomic E-state index is 0.0450. The van der Waals surface area contributed by atoms with E-state index < -0.39 is 17.7 Å². The fourth-order valence-electron chi connectivity index (χ4n) is 4.42. The number of aliphatic hydroxyl groups is 1. The van der Waals surface area contributed by atoms with Gasteiger partial charge in [-0.25, -0.2) is 0 Å². The van der Waals surface area contributed by atoms with Gasteiger partial charge >= 0.3 is 0 Å². The third-order valence-electron chi connectivity index (χ3n) is 6.38. The molecule has 35 heavy (non-hydrogen) atoms. The van der Waals surface area contributed by atoms with E-state index in [4.69, 9.17) is 4.74 Å². The van der Waals surface area contributed by atoms with Gasteiger partial charge in [-0.15, -0.1) is 0 Å². The molecule has 1 fully saturated rings. The average Bonchev–Trinajstić information content (AvgIpc) is 3.08. The van der Waals surface area contributed by atoms with Crippen LogP contribution in [0.4, 0.5) is 0 Å². The Kier molecular flexibility index (Phi) is 6.48. The van der Waals surface area contributed by atoms with Crippen LogP contribution in [0.1, 0.15) is 54.6 Å². The Morgan fingerprint density at radius 2 is 1.80 bits per heavy atom. The van der Waals surface area contributed by atoms with Gasteiger partial charge in [-0.3, -0.25) is 14.6 Å². The van der Waals surface area contributed by atoms with Gasteiger partial charge < -0.3 is 14.7 Å². The van der Waals surface area contributed by atoms with E-state index in [1.165, 1.54) is 4.90 Å². The van der Waals surface area contributed by atoms with Crippen molar-refractivity contribution in [3.8, 4) is 5.75 Å². The fourth-order valence-corrected chi connectivity index (χ4v) is 4.42. The first-order valence-electron chi connectivity index (χ1n) is 11.5. The van der Waals surface area contributed by atoms with Crippen LogP contribution >= 0.6 is 0 Å². The molecule has 0 radical (unpaired) electrons. The maximum atomic E-state index is 13.3. The number of likely N-dealkylation sites (tertiary alicyclic amines) is 1. The van der Waals surface area contributed by atoms with E-state index in [0.29, 0.717) is 11.3 Å². The molecule has 0 bridgehead atoms. The van der Waals surface area contributed by atoms with Crippen LogP contribution in [0.2, 0.25) is 0 Å². The molecule has 0 saturated carbocycles. The molecule has 0 unspecified atom stereocenters. The summed E-state index contributed by atoms with van der Waals surface area (Å²) in [5.41, 5.74) is 3.99. The third kappa shape index (κ3) is 4.69. The molecule has 1 aromatic heterocycles. The van der Waals surface area contributed by atoms with Crippen molar-refractivity contribution in [3.05, 3.63) is 100 Å². The molecule has 1 atom stereocenters. The Labute approximate surface area is 205 Å². The maximum Gasteiger partial charge on any atom is 0.295 e. The number of ketones is 1. The molecular formula is C29H30N2O4. The Balaban J connectivity index is 1.86. The Morgan fingerprint density at radius 1 is 1.09 bits per heavy atom. The molecule has 180 valence electrons. The summed E-state index contributed by atoms with van der Waals surface area (Å²) >= 11 is 0. The lowest BCUT2D eigenvalue weighted by Gasteiger charge is -2.26. The highest BCUT2D eigenvalue weighted by molar-refractivity contribution is 6.46. The van der Waals surface area contributed by atoms with Crippen molar-refractivity contribution in [1.29, 1.82) is 0 Å². The number of ether oxygens (including phenoxy) is 1. The van der Waals surface area contributed by atoms with Gasteiger partial charge in [0.05, 0.1) is 18.7 Å². The lowest BCUT2D eigenvalue weighted by molar-refractivity contribution is -0.140. The Bertz CT molecular complexity index is 1290. The zero-order chi connectivity index (χ0) is 25.3. The van der Waals surface area contributed by atoms with E-state index >= 15 is 0 Å². The number of amides is 1. The summed E-state index contributed by atoms with van der Waals surface area (Å²) in [7, 11) is 1.58. The topological polar surface area (TPSA) is 79.7 Å². The number of benzene rings is 2. The molecule has 1 aliphatic heterocycles. The van der Waals surface area contributed by atoms with E-state index in [2.05, 4.69) is 25.8 Å². The van der Waals surface area contributed by atoms with Gasteiger partial charge in [-0.05, 0) is 58.9 Å². The molecule has 6 heteroatoms. The Morgan fingerprint density at radius 3 is 2.37 bits per heavy atom. The second kappa shape index (κ2) is 9.37. The number of aromatic nitrogens is 1. The standard InChI is InChI=1S/C29H30N2O4/c1-18-15-21(10-13-23(18)35-5)26(32)24-25(20-8-11-22(12-9-20)29(2,3)4)31(28(34)27(24)33)17-19-7-6-14-30-16-19/h6-16,25,32H,17H2,1-5H3/t25-/m0/s1. The predicted octanol–water partition coefficient (Wildman–Crippen LogP) is 5.32. The first-order chi connectivity index (χ1) is 16.6. The molecule has 0 spiro atoms. The fraction of sp³-hybridized carbons (Fsp3) is 0.276. The van der Waals surface area contributed by atoms with Gasteiger partial charge in [0.2, 0.25) is 0 Å². The molecule has 1 amide bonds. The second-order valence-electron chi connectivity index (χ2n) is 9.84. The summed E-state index contributed by atoms with van der Waals surface area (Å²) in [5.74, 6) is -0.879. The van der Waals surface area contributed by atoms with Crippen LogP contribution in [0.5, 0.6) is 5.75 Å². The van der Waals surface area contributed by atoms with Crippen molar-refractivity contribution in [3.63, 3.8) is 0 Å². The van der Waals surface area contributed by atoms with Gasteiger partial charge in [0.25, 0.3) is 11.7 Å². The highest BCUT2D eigenvalue weighted by atomic mass is 16.5. The van der Waals surface area contributed by atoms with E-state index in [9.17, 15) is 14.7 Å². The number of hydrogen-bond donors (Lipinski definition) is 1. The molecule has 2 aromatic carbocycles. The Hall–Kier alpha value is -3.93. The number of pyridine rings is 1. The smallest absolute Gasteiger partial charge is 0.295 e. The molecule has 1 saturated heterocycles. The third-order valence-corrected chi connectivity index (χ3v) is 6.38. The monoisotopic (exact) mass is 470 g/mol. The van der Waals surface area contributed by atoms with Gasteiger partial charge in [0.1, 0.15) is 11.5 Å². The number of nitrogens with zero attached hydrogens (tertiary/aromatic N) is 2.